The van der Waals surface area contributed by atoms with E-state index >= 15 is 0 Å². The largest absolute Gasteiger partial charge is 0.463 e. The molecule has 0 amide bonds. The summed E-state index contributed by atoms with van der Waals surface area (Å²) in [6, 6.07) is 10.5. The third-order valence-corrected chi connectivity index (χ3v) is 6.10. The lowest BCUT2D eigenvalue weighted by Gasteiger charge is -2.24. The lowest BCUT2D eigenvalue weighted by atomic mass is 9.94. The summed E-state index contributed by atoms with van der Waals surface area (Å²) in [6.45, 7) is 3.34. The van der Waals surface area contributed by atoms with Crippen LogP contribution in [-0.2, 0) is 9.53 Å². The summed E-state index contributed by atoms with van der Waals surface area (Å²) >= 11 is 1.08. The van der Waals surface area contributed by atoms with Gasteiger partial charge in [-0.15, -0.1) is 0 Å². The van der Waals surface area contributed by atoms with Crippen LogP contribution in [0.5, 0.6) is 0 Å². The van der Waals surface area contributed by atoms with Crippen molar-refractivity contribution in [3.63, 3.8) is 0 Å². The van der Waals surface area contributed by atoms with Crippen molar-refractivity contribution >= 4 is 29.1 Å². The Balaban J connectivity index is 2.01. The number of thiazole rings is 1. The number of nitro benzene ring substituents is 1. The number of allylic oxidation sites excluding steroid dienone is 1. The number of nitro groups is 1. The van der Waals surface area contributed by atoms with Crippen LogP contribution in [0.3, 0.4) is 0 Å². The van der Waals surface area contributed by atoms with Gasteiger partial charge in [-0.3, -0.25) is 19.5 Å². The standard InChI is InChI=1S/C23H18FN3O5S/c1-3-32-22(29)19-13(2)25-23-26(20(19)16-6-4-5-7-17(16)27(30)31)21(28)18(33-23)12-14-8-10-15(24)11-9-14/h4-12,20H,3H2,1-2H3. The van der Waals surface area contributed by atoms with Crippen LogP contribution in [-0.4, -0.2) is 22.1 Å². The first-order valence-corrected chi connectivity index (χ1v) is 10.8. The van der Waals surface area contributed by atoms with Gasteiger partial charge in [-0.2, -0.15) is 0 Å². The van der Waals surface area contributed by atoms with Gasteiger partial charge in [0.05, 0.1) is 32.9 Å². The number of rotatable bonds is 5. The number of carbonyl (C=O) groups excluding carboxylic acids is 1. The smallest absolute Gasteiger partial charge is 0.338 e. The molecule has 0 spiro atoms. The van der Waals surface area contributed by atoms with Gasteiger partial charge in [-0.25, -0.2) is 14.2 Å². The van der Waals surface area contributed by atoms with Crippen LogP contribution >= 0.6 is 11.3 Å². The van der Waals surface area contributed by atoms with Crippen molar-refractivity contribution in [2.75, 3.05) is 6.61 Å². The van der Waals surface area contributed by atoms with Crippen molar-refractivity contribution in [2.24, 2.45) is 4.99 Å². The van der Waals surface area contributed by atoms with E-state index in [4.69, 9.17) is 4.74 Å². The van der Waals surface area contributed by atoms with E-state index in [0.717, 1.165) is 11.3 Å². The molecular formula is C23H18FN3O5S. The van der Waals surface area contributed by atoms with Crippen molar-refractivity contribution in [1.29, 1.82) is 0 Å². The van der Waals surface area contributed by atoms with E-state index in [0.29, 0.717) is 20.6 Å². The lowest BCUT2D eigenvalue weighted by Crippen LogP contribution is -2.40. The summed E-state index contributed by atoms with van der Waals surface area (Å²) < 4.78 is 20.0. The Morgan fingerprint density at radius 3 is 2.64 bits per heavy atom. The number of nitrogens with zero attached hydrogens (tertiary/aromatic N) is 3. The molecule has 168 valence electrons. The Hall–Kier alpha value is -3.92. The molecule has 1 unspecified atom stereocenters. The van der Waals surface area contributed by atoms with Gasteiger partial charge in [0.1, 0.15) is 11.9 Å². The number of halogens is 1. The maximum atomic E-state index is 13.4. The molecular weight excluding hydrogens is 449 g/mol. The van der Waals surface area contributed by atoms with Crippen LogP contribution in [0.25, 0.3) is 6.08 Å². The van der Waals surface area contributed by atoms with Crippen molar-refractivity contribution in [3.8, 4) is 0 Å². The number of esters is 1. The summed E-state index contributed by atoms with van der Waals surface area (Å²) in [5.41, 5.74) is 0.449. The van der Waals surface area contributed by atoms with Gasteiger partial charge in [0, 0.05) is 6.07 Å². The van der Waals surface area contributed by atoms with E-state index in [9.17, 15) is 24.1 Å². The predicted molar refractivity (Wildman–Crippen MR) is 120 cm³/mol. The fourth-order valence-electron chi connectivity index (χ4n) is 3.68. The van der Waals surface area contributed by atoms with Gasteiger partial charge < -0.3 is 4.74 Å². The Morgan fingerprint density at radius 2 is 1.97 bits per heavy atom. The van der Waals surface area contributed by atoms with Gasteiger partial charge in [-0.1, -0.05) is 35.6 Å². The zero-order valence-corrected chi connectivity index (χ0v) is 18.5. The van der Waals surface area contributed by atoms with E-state index in [1.807, 2.05) is 0 Å². The second-order valence-corrected chi connectivity index (χ2v) is 8.18. The van der Waals surface area contributed by atoms with Crippen molar-refractivity contribution < 1.29 is 18.8 Å². The minimum atomic E-state index is -1.09. The van der Waals surface area contributed by atoms with E-state index < -0.39 is 28.3 Å². The van der Waals surface area contributed by atoms with Gasteiger partial charge in [-0.05, 0) is 43.7 Å². The van der Waals surface area contributed by atoms with Crippen LogP contribution in [0.2, 0.25) is 0 Å². The summed E-state index contributed by atoms with van der Waals surface area (Å²) in [6.07, 6.45) is 1.59. The summed E-state index contributed by atoms with van der Waals surface area (Å²) in [7, 11) is 0. The topological polar surface area (TPSA) is 104 Å². The number of hydrogen-bond donors (Lipinski definition) is 0. The average molecular weight is 467 g/mol. The van der Waals surface area contributed by atoms with Gasteiger partial charge in [0.15, 0.2) is 4.80 Å². The minimum Gasteiger partial charge on any atom is -0.463 e. The molecule has 2 aromatic carbocycles. The summed E-state index contributed by atoms with van der Waals surface area (Å²) in [4.78, 5) is 42.2. The third kappa shape index (κ3) is 4.12. The number of ether oxygens (including phenoxy) is 1. The SMILES string of the molecule is CCOC(=O)C1=C(C)N=c2sc(=Cc3ccc(F)cc3)c(=O)n2C1c1ccccc1[N+](=O)[O-]. The zero-order chi connectivity index (χ0) is 23.7. The van der Waals surface area contributed by atoms with Crippen molar-refractivity contribution in [2.45, 2.75) is 19.9 Å². The maximum Gasteiger partial charge on any atom is 0.338 e. The van der Waals surface area contributed by atoms with E-state index in [1.54, 1.807) is 26.0 Å². The minimum absolute atomic E-state index is 0.0619. The molecule has 1 aliphatic heterocycles. The third-order valence-electron chi connectivity index (χ3n) is 5.11. The summed E-state index contributed by atoms with van der Waals surface area (Å²) in [5.74, 6) is -1.10. The molecule has 0 radical (unpaired) electrons. The molecule has 1 aromatic heterocycles. The average Bonchev–Trinajstić information content (AvgIpc) is 3.09. The molecule has 8 nitrogen and oxygen atoms in total. The molecule has 1 atom stereocenters. The van der Waals surface area contributed by atoms with Crippen LogP contribution in [0, 0.1) is 15.9 Å². The second-order valence-electron chi connectivity index (χ2n) is 7.17. The van der Waals surface area contributed by atoms with Crippen LogP contribution in [0.1, 0.15) is 31.0 Å². The molecule has 0 aliphatic carbocycles. The Bertz CT molecular complexity index is 1470. The quantitative estimate of drug-likeness (QED) is 0.326. The van der Waals surface area contributed by atoms with Crippen LogP contribution < -0.4 is 14.9 Å². The lowest BCUT2D eigenvalue weighted by molar-refractivity contribution is -0.385. The molecule has 10 heteroatoms. The Morgan fingerprint density at radius 1 is 1.27 bits per heavy atom. The number of para-hydroxylation sites is 1. The maximum absolute atomic E-state index is 13.4. The summed E-state index contributed by atoms with van der Waals surface area (Å²) in [5, 5.41) is 11.7. The highest BCUT2D eigenvalue weighted by Gasteiger charge is 2.36. The number of carbonyl (C=O) groups is 1. The van der Waals surface area contributed by atoms with E-state index in [1.165, 1.54) is 47.0 Å². The monoisotopic (exact) mass is 467 g/mol. The second kappa shape index (κ2) is 8.91. The van der Waals surface area contributed by atoms with Crippen molar-refractivity contribution in [3.05, 3.63) is 107 Å². The highest BCUT2D eigenvalue weighted by atomic mass is 32.1. The first-order valence-electron chi connectivity index (χ1n) is 10.0. The number of fused-ring (bicyclic) bond motifs is 1. The molecule has 33 heavy (non-hydrogen) atoms. The molecule has 4 rings (SSSR count). The number of benzene rings is 2. The highest BCUT2D eigenvalue weighted by molar-refractivity contribution is 7.07. The molecule has 0 saturated heterocycles. The molecule has 1 aliphatic rings. The van der Waals surface area contributed by atoms with Crippen LogP contribution in [0.4, 0.5) is 10.1 Å². The highest BCUT2D eigenvalue weighted by Crippen LogP contribution is 2.35. The molecule has 0 fully saturated rings. The first kappa shape index (κ1) is 22.3. The fourth-order valence-corrected chi connectivity index (χ4v) is 4.73. The van der Waals surface area contributed by atoms with E-state index in [-0.39, 0.29) is 23.4 Å². The normalized spacial score (nSPS) is 15.7. The number of hydrogen-bond acceptors (Lipinski definition) is 7. The Labute approximate surface area is 190 Å². The van der Waals surface area contributed by atoms with Gasteiger partial charge in [0.2, 0.25) is 0 Å². The predicted octanol–water partition coefficient (Wildman–Crippen LogP) is 2.85. The van der Waals surface area contributed by atoms with E-state index in [2.05, 4.69) is 4.99 Å². The van der Waals surface area contributed by atoms with Gasteiger partial charge in [0.25, 0.3) is 11.2 Å². The zero-order valence-electron chi connectivity index (χ0n) is 17.6. The van der Waals surface area contributed by atoms with Gasteiger partial charge >= 0.3 is 5.97 Å². The first-order chi connectivity index (χ1) is 15.8. The van der Waals surface area contributed by atoms with Crippen LogP contribution in [0.15, 0.2) is 69.6 Å². The molecule has 0 saturated carbocycles. The number of aromatic nitrogens is 1. The molecule has 3 aromatic rings. The van der Waals surface area contributed by atoms with Crippen molar-refractivity contribution in [1.82, 2.24) is 4.57 Å². The fraction of sp³-hybridized carbons (Fsp3) is 0.174. The molecule has 0 N–H and O–H groups in total. The Kier molecular flexibility index (Phi) is 6.01. The molecule has 0 bridgehead atoms. The molecule has 2 heterocycles.